The molecule has 1 aromatic heterocycles. The van der Waals surface area contributed by atoms with E-state index < -0.39 is 0 Å². The molecule has 0 aliphatic rings. The first-order valence-corrected chi connectivity index (χ1v) is 6.30. The molecule has 3 nitrogen and oxygen atoms in total. The number of benzene rings is 1. The number of anilines is 1. The van der Waals surface area contributed by atoms with Gasteiger partial charge in [-0.1, -0.05) is 40.7 Å². The number of nitrogens with zero attached hydrogens (tertiary/aromatic N) is 2. The van der Waals surface area contributed by atoms with Gasteiger partial charge < -0.3 is 5.73 Å². The van der Waals surface area contributed by atoms with Gasteiger partial charge in [0.2, 0.25) is 0 Å². The van der Waals surface area contributed by atoms with Gasteiger partial charge in [-0.15, -0.1) is 0 Å². The van der Waals surface area contributed by atoms with Crippen LogP contribution >= 0.6 is 0 Å². The van der Waals surface area contributed by atoms with Crippen molar-refractivity contribution >= 4 is 16.7 Å². The number of hydrogen-bond acceptors (Lipinski definition) is 3. The monoisotopic (exact) mass is 233 g/mol. The first kappa shape index (κ1) is 15.4. The molecule has 0 fully saturated rings. The van der Waals surface area contributed by atoms with E-state index in [1.165, 1.54) is 11.9 Å². The van der Waals surface area contributed by atoms with E-state index in [4.69, 9.17) is 5.73 Å². The van der Waals surface area contributed by atoms with Gasteiger partial charge in [0.05, 0.1) is 5.52 Å². The van der Waals surface area contributed by atoms with Crippen LogP contribution in [-0.2, 0) is 6.42 Å². The van der Waals surface area contributed by atoms with Crippen molar-refractivity contribution in [2.24, 2.45) is 0 Å². The summed E-state index contributed by atoms with van der Waals surface area (Å²) in [7, 11) is 0. The molecule has 0 aliphatic heterocycles. The van der Waals surface area contributed by atoms with Gasteiger partial charge in [-0.2, -0.15) is 0 Å². The lowest BCUT2D eigenvalue weighted by Crippen LogP contribution is -1.93. The molecular formula is C14H23N3. The fourth-order valence-corrected chi connectivity index (χ4v) is 1.34. The maximum Gasteiger partial charge on any atom is 0.134 e. The fraction of sp³-hybridized carbons (Fsp3) is 0.429. The van der Waals surface area contributed by atoms with E-state index in [1.807, 2.05) is 39.8 Å². The highest BCUT2D eigenvalue weighted by atomic mass is 14.9. The Balaban J connectivity index is 0.000000581. The van der Waals surface area contributed by atoms with Crippen LogP contribution in [0.15, 0.2) is 24.5 Å². The Morgan fingerprint density at radius 2 is 1.71 bits per heavy atom. The third kappa shape index (κ3) is 4.02. The van der Waals surface area contributed by atoms with Gasteiger partial charge in [0.15, 0.2) is 0 Å². The Kier molecular flexibility index (Phi) is 7.68. The molecule has 0 saturated heterocycles. The van der Waals surface area contributed by atoms with E-state index in [0.717, 1.165) is 17.3 Å². The molecule has 0 unspecified atom stereocenters. The molecule has 1 heterocycles. The fourth-order valence-electron chi connectivity index (χ4n) is 1.34. The highest BCUT2D eigenvalue weighted by molar-refractivity contribution is 5.87. The van der Waals surface area contributed by atoms with Gasteiger partial charge in [0.1, 0.15) is 12.1 Å². The molecule has 0 atom stereocenters. The van der Waals surface area contributed by atoms with Gasteiger partial charge in [-0.3, -0.25) is 0 Å². The number of nitrogens with two attached hydrogens (primary N) is 1. The van der Waals surface area contributed by atoms with Gasteiger partial charge >= 0.3 is 0 Å². The van der Waals surface area contributed by atoms with Crippen molar-refractivity contribution in [1.29, 1.82) is 0 Å². The van der Waals surface area contributed by atoms with E-state index in [1.54, 1.807) is 0 Å². The Morgan fingerprint density at radius 3 is 2.29 bits per heavy atom. The van der Waals surface area contributed by atoms with Crippen LogP contribution in [0.3, 0.4) is 0 Å². The lowest BCUT2D eigenvalue weighted by molar-refractivity contribution is 1.14. The lowest BCUT2D eigenvalue weighted by Gasteiger charge is -2.01. The van der Waals surface area contributed by atoms with Crippen molar-refractivity contribution in [3.05, 3.63) is 30.1 Å². The zero-order valence-corrected chi connectivity index (χ0v) is 11.5. The summed E-state index contributed by atoms with van der Waals surface area (Å²) in [6.07, 6.45) is 2.51. The van der Waals surface area contributed by atoms with Gasteiger partial charge in [0, 0.05) is 5.39 Å². The summed E-state index contributed by atoms with van der Waals surface area (Å²) in [6.45, 7) is 10.1. The van der Waals surface area contributed by atoms with Crippen LogP contribution in [0.5, 0.6) is 0 Å². The normalized spacial score (nSPS) is 8.76. The summed E-state index contributed by atoms with van der Waals surface area (Å²) < 4.78 is 0. The molecule has 1 aromatic carbocycles. The van der Waals surface area contributed by atoms with E-state index in [-0.39, 0.29) is 0 Å². The predicted molar refractivity (Wildman–Crippen MR) is 76.0 cm³/mol. The van der Waals surface area contributed by atoms with E-state index in [2.05, 4.69) is 23.0 Å². The number of aryl methyl sites for hydroxylation is 1. The Bertz CT molecular complexity index is 438. The minimum Gasteiger partial charge on any atom is -0.383 e. The zero-order valence-electron chi connectivity index (χ0n) is 11.5. The maximum absolute atomic E-state index is 5.70. The van der Waals surface area contributed by atoms with Crippen molar-refractivity contribution < 1.29 is 0 Å². The molecule has 3 heteroatoms. The number of aromatic nitrogens is 2. The molecular weight excluding hydrogens is 210 g/mol. The smallest absolute Gasteiger partial charge is 0.134 e. The van der Waals surface area contributed by atoms with E-state index >= 15 is 0 Å². The number of nitrogen functional groups attached to an aromatic ring is 1. The average molecular weight is 233 g/mol. The van der Waals surface area contributed by atoms with Crippen LogP contribution < -0.4 is 5.73 Å². The Labute approximate surface area is 104 Å². The minimum atomic E-state index is 0.549. The SMILES string of the molecule is CC.CC.CCc1ccc2c(N)ncnc2c1. The second-order valence-corrected chi connectivity index (χ2v) is 2.96. The highest BCUT2D eigenvalue weighted by Crippen LogP contribution is 2.17. The van der Waals surface area contributed by atoms with Crippen molar-refractivity contribution in [3.8, 4) is 0 Å². The van der Waals surface area contributed by atoms with Crippen LogP contribution in [-0.4, -0.2) is 9.97 Å². The van der Waals surface area contributed by atoms with Gasteiger partial charge in [-0.05, 0) is 24.1 Å². The summed E-state index contributed by atoms with van der Waals surface area (Å²) in [6, 6.07) is 6.08. The van der Waals surface area contributed by atoms with Crippen LogP contribution in [0, 0.1) is 0 Å². The number of hydrogen-bond donors (Lipinski definition) is 1. The van der Waals surface area contributed by atoms with Crippen molar-refractivity contribution in [2.75, 3.05) is 5.73 Å². The van der Waals surface area contributed by atoms with Crippen LogP contribution in [0.25, 0.3) is 10.9 Å². The second-order valence-electron chi connectivity index (χ2n) is 2.96. The quantitative estimate of drug-likeness (QED) is 0.814. The predicted octanol–water partition coefficient (Wildman–Crippen LogP) is 3.83. The molecule has 0 bridgehead atoms. The molecule has 0 radical (unpaired) electrons. The first-order chi connectivity index (χ1) is 8.31. The van der Waals surface area contributed by atoms with Crippen molar-refractivity contribution in [3.63, 3.8) is 0 Å². The molecule has 2 N–H and O–H groups in total. The molecule has 2 rings (SSSR count). The minimum absolute atomic E-state index is 0.549. The van der Waals surface area contributed by atoms with Crippen LogP contribution in [0.2, 0.25) is 0 Å². The van der Waals surface area contributed by atoms with Crippen LogP contribution in [0.4, 0.5) is 5.82 Å². The third-order valence-electron chi connectivity index (χ3n) is 2.14. The van der Waals surface area contributed by atoms with Crippen molar-refractivity contribution in [1.82, 2.24) is 9.97 Å². The second kappa shape index (κ2) is 8.50. The average Bonchev–Trinajstić information content (AvgIpc) is 2.43. The summed E-state index contributed by atoms with van der Waals surface area (Å²) in [5.41, 5.74) is 7.89. The topological polar surface area (TPSA) is 51.8 Å². The van der Waals surface area contributed by atoms with Crippen LogP contribution in [0.1, 0.15) is 40.2 Å². The van der Waals surface area contributed by atoms with Crippen molar-refractivity contribution in [2.45, 2.75) is 41.0 Å². The standard InChI is InChI=1S/C10H11N3.2C2H6/c1-2-7-3-4-8-9(5-7)12-6-13-10(8)11;2*1-2/h3-6H,2H2,1H3,(H2,11,12,13);2*1-2H3. The van der Waals surface area contributed by atoms with E-state index in [0.29, 0.717) is 5.82 Å². The molecule has 0 spiro atoms. The zero-order chi connectivity index (χ0) is 13.3. The third-order valence-corrected chi connectivity index (χ3v) is 2.14. The molecule has 0 saturated carbocycles. The molecule has 94 valence electrons. The first-order valence-electron chi connectivity index (χ1n) is 6.30. The highest BCUT2D eigenvalue weighted by Gasteiger charge is 1.99. The summed E-state index contributed by atoms with van der Waals surface area (Å²) in [5.74, 6) is 0.549. The number of fused-ring (bicyclic) bond motifs is 1. The summed E-state index contributed by atoms with van der Waals surface area (Å²) in [5, 5.41) is 0.930. The molecule has 2 aromatic rings. The molecule has 17 heavy (non-hydrogen) atoms. The molecule has 0 aliphatic carbocycles. The molecule has 0 amide bonds. The summed E-state index contributed by atoms with van der Waals surface area (Å²) >= 11 is 0. The Hall–Kier alpha value is -1.64. The lowest BCUT2D eigenvalue weighted by atomic mass is 10.1. The summed E-state index contributed by atoms with van der Waals surface area (Å²) in [4.78, 5) is 8.09. The Morgan fingerprint density at radius 1 is 1.06 bits per heavy atom. The van der Waals surface area contributed by atoms with E-state index in [9.17, 15) is 0 Å². The maximum atomic E-state index is 5.70. The van der Waals surface area contributed by atoms with Gasteiger partial charge in [0.25, 0.3) is 0 Å². The number of rotatable bonds is 1. The largest absolute Gasteiger partial charge is 0.383 e. The van der Waals surface area contributed by atoms with Gasteiger partial charge in [-0.25, -0.2) is 9.97 Å².